The second-order valence-electron chi connectivity index (χ2n) is 9.12. The van der Waals surface area contributed by atoms with Gasteiger partial charge in [0, 0.05) is 47.9 Å². The van der Waals surface area contributed by atoms with Gasteiger partial charge in [-0.3, -0.25) is 5.10 Å². The number of piperidine rings is 2. The van der Waals surface area contributed by atoms with Crippen molar-refractivity contribution < 1.29 is 4.74 Å². The first-order chi connectivity index (χ1) is 16.7. The van der Waals surface area contributed by atoms with Gasteiger partial charge in [0.05, 0.1) is 30.7 Å². The van der Waals surface area contributed by atoms with E-state index >= 15 is 0 Å². The molecule has 3 aromatic heterocycles. The van der Waals surface area contributed by atoms with Gasteiger partial charge < -0.3 is 15.0 Å². The molecule has 10 nitrogen and oxygen atoms in total. The summed E-state index contributed by atoms with van der Waals surface area (Å²) in [6, 6.07) is 7.82. The van der Waals surface area contributed by atoms with E-state index in [-0.39, 0.29) is 0 Å². The second kappa shape index (κ2) is 8.60. The average molecular weight is 458 g/mol. The third kappa shape index (κ3) is 3.73. The molecule has 0 amide bonds. The lowest BCUT2D eigenvalue weighted by molar-refractivity contribution is 0.218. The van der Waals surface area contributed by atoms with E-state index in [0.717, 1.165) is 40.6 Å². The maximum Gasteiger partial charge on any atom is 0.316 e. The number of nitrogens with zero attached hydrogens (tertiary/aromatic N) is 7. The van der Waals surface area contributed by atoms with E-state index in [2.05, 4.69) is 52.6 Å². The van der Waals surface area contributed by atoms with Crippen LogP contribution in [0.25, 0.3) is 33.4 Å². The van der Waals surface area contributed by atoms with Crippen LogP contribution < -0.4 is 15.0 Å². The summed E-state index contributed by atoms with van der Waals surface area (Å²) in [6.07, 6.45) is 11.4. The van der Waals surface area contributed by atoms with Gasteiger partial charge >= 0.3 is 6.01 Å². The van der Waals surface area contributed by atoms with Crippen molar-refractivity contribution in [1.82, 2.24) is 40.7 Å². The highest BCUT2D eigenvalue weighted by atomic mass is 16.5. The molecule has 1 aromatic carbocycles. The maximum absolute atomic E-state index is 5.18. The molecule has 0 saturated carbocycles. The molecule has 174 valence electrons. The van der Waals surface area contributed by atoms with E-state index in [4.69, 9.17) is 4.74 Å². The first-order valence-corrected chi connectivity index (χ1v) is 11.7. The lowest BCUT2D eigenvalue weighted by Crippen LogP contribution is -2.54. The predicted molar refractivity (Wildman–Crippen MR) is 128 cm³/mol. The smallest absolute Gasteiger partial charge is 0.316 e. The van der Waals surface area contributed by atoms with E-state index in [1.807, 2.05) is 18.2 Å². The number of hydrogen-bond donors (Lipinski definition) is 2. The highest BCUT2D eigenvalue weighted by molar-refractivity contribution is 6.01. The topological polar surface area (TPSA) is 118 Å². The Kier molecular flexibility index (Phi) is 5.29. The van der Waals surface area contributed by atoms with Crippen LogP contribution in [0.2, 0.25) is 0 Å². The Morgan fingerprint density at radius 3 is 2.56 bits per heavy atom. The van der Waals surface area contributed by atoms with Crippen molar-refractivity contribution in [1.29, 1.82) is 0 Å². The van der Waals surface area contributed by atoms with Crippen LogP contribution in [0.3, 0.4) is 0 Å². The quantitative estimate of drug-likeness (QED) is 0.466. The van der Waals surface area contributed by atoms with Crippen LogP contribution in [0.5, 0.6) is 6.01 Å². The van der Waals surface area contributed by atoms with E-state index in [0.29, 0.717) is 35.8 Å². The van der Waals surface area contributed by atoms with Crippen LogP contribution in [0.1, 0.15) is 32.1 Å². The van der Waals surface area contributed by atoms with Crippen LogP contribution in [0.15, 0.2) is 36.8 Å². The van der Waals surface area contributed by atoms with Crippen molar-refractivity contribution in [3.05, 3.63) is 36.8 Å². The van der Waals surface area contributed by atoms with Gasteiger partial charge in [0.25, 0.3) is 0 Å². The number of fused-ring (bicyclic) bond motifs is 3. The number of anilines is 1. The lowest BCUT2D eigenvalue weighted by atomic mass is 9.83. The van der Waals surface area contributed by atoms with Crippen LogP contribution in [-0.2, 0) is 0 Å². The largest absolute Gasteiger partial charge is 0.467 e. The molecule has 0 aliphatic carbocycles. The van der Waals surface area contributed by atoms with Crippen LogP contribution in [0, 0.1) is 0 Å². The van der Waals surface area contributed by atoms with Gasteiger partial charge in [-0.2, -0.15) is 10.1 Å². The molecule has 2 atom stereocenters. The summed E-state index contributed by atoms with van der Waals surface area (Å²) in [5, 5.41) is 21.1. The standard InChI is InChI=1S/C24H27N9O/c1-33(16-10-14-4-3-5-15(11-16)28-14)23-26-13-21(30-32-23)17-6-7-18(22-19(17)12-27-31-22)20-8-9-25-24(29-20)34-2/h6-9,12-16,28H,3-5,10-11H2,1-2H3,(H,27,31). The average Bonchev–Trinajstić information content (AvgIpc) is 3.38. The molecule has 0 radical (unpaired) electrons. The zero-order valence-electron chi connectivity index (χ0n) is 19.3. The molecule has 2 unspecified atom stereocenters. The highest BCUT2D eigenvalue weighted by Crippen LogP contribution is 2.34. The monoisotopic (exact) mass is 457 g/mol. The number of ether oxygens (including phenoxy) is 1. The third-order valence-corrected chi connectivity index (χ3v) is 7.09. The lowest BCUT2D eigenvalue weighted by Gasteiger charge is -2.43. The first kappa shape index (κ1) is 20.9. The summed E-state index contributed by atoms with van der Waals surface area (Å²) in [6.45, 7) is 0. The molecule has 2 N–H and O–H groups in total. The highest BCUT2D eigenvalue weighted by Gasteiger charge is 2.33. The minimum atomic E-state index is 0.321. The number of H-pyrrole nitrogens is 1. The van der Waals surface area contributed by atoms with Crippen molar-refractivity contribution in [2.75, 3.05) is 19.1 Å². The molecular formula is C24H27N9O. The van der Waals surface area contributed by atoms with Gasteiger partial charge in [0.2, 0.25) is 5.95 Å². The van der Waals surface area contributed by atoms with E-state index < -0.39 is 0 Å². The fraction of sp³-hybridized carbons (Fsp3) is 0.417. The van der Waals surface area contributed by atoms with E-state index in [9.17, 15) is 0 Å². The SMILES string of the molecule is COc1nccc(-c2ccc(-c3cnc(N(C)C4CC5CCCC(C4)N5)nn3)c3cn[nH]c23)n1. The summed E-state index contributed by atoms with van der Waals surface area (Å²) in [5.74, 6) is 0.668. The molecule has 6 rings (SSSR count). The first-order valence-electron chi connectivity index (χ1n) is 11.7. The summed E-state index contributed by atoms with van der Waals surface area (Å²) in [7, 11) is 3.64. The van der Waals surface area contributed by atoms with E-state index in [1.165, 1.54) is 19.3 Å². The molecule has 2 bridgehead atoms. The van der Waals surface area contributed by atoms with Crippen LogP contribution >= 0.6 is 0 Å². The molecule has 4 aromatic rings. The Bertz CT molecular complexity index is 1290. The molecule has 34 heavy (non-hydrogen) atoms. The van der Waals surface area contributed by atoms with Crippen molar-refractivity contribution >= 4 is 16.9 Å². The maximum atomic E-state index is 5.18. The summed E-state index contributed by atoms with van der Waals surface area (Å²) in [4.78, 5) is 15.4. The zero-order chi connectivity index (χ0) is 23.1. The molecule has 0 spiro atoms. The fourth-order valence-electron chi connectivity index (χ4n) is 5.33. The minimum Gasteiger partial charge on any atom is -0.467 e. The number of benzene rings is 1. The molecule has 5 heterocycles. The summed E-state index contributed by atoms with van der Waals surface area (Å²) < 4.78 is 5.18. The molecule has 2 aliphatic rings. The molecule has 2 fully saturated rings. The minimum absolute atomic E-state index is 0.321. The number of rotatable bonds is 5. The molecular weight excluding hydrogens is 430 g/mol. The summed E-state index contributed by atoms with van der Waals surface area (Å²) in [5.41, 5.74) is 4.14. The van der Waals surface area contributed by atoms with Gasteiger partial charge in [-0.05, 0) is 37.8 Å². The van der Waals surface area contributed by atoms with Gasteiger partial charge in [-0.15, -0.1) is 10.2 Å². The van der Waals surface area contributed by atoms with Crippen molar-refractivity contribution in [3.8, 4) is 28.5 Å². The number of hydrogen-bond acceptors (Lipinski definition) is 9. The van der Waals surface area contributed by atoms with Crippen LogP contribution in [-0.4, -0.2) is 67.6 Å². The number of aromatic amines is 1. The summed E-state index contributed by atoms with van der Waals surface area (Å²) >= 11 is 0. The van der Waals surface area contributed by atoms with Gasteiger partial charge in [-0.1, -0.05) is 12.5 Å². The molecule has 2 aliphatic heterocycles. The van der Waals surface area contributed by atoms with Gasteiger partial charge in [0.15, 0.2) is 0 Å². The van der Waals surface area contributed by atoms with Crippen molar-refractivity contribution in [2.45, 2.75) is 50.2 Å². The number of nitrogens with one attached hydrogen (secondary N) is 2. The van der Waals surface area contributed by atoms with Crippen LogP contribution in [0.4, 0.5) is 5.95 Å². The number of methoxy groups -OCH3 is 1. The molecule has 10 heteroatoms. The Morgan fingerprint density at radius 2 is 1.79 bits per heavy atom. The van der Waals surface area contributed by atoms with Gasteiger partial charge in [0.1, 0.15) is 5.69 Å². The van der Waals surface area contributed by atoms with Crippen molar-refractivity contribution in [2.24, 2.45) is 0 Å². The third-order valence-electron chi connectivity index (χ3n) is 7.09. The Labute approximate surface area is 197 Å². The second-order valence-corrected chi connectivity index (χ2v) is 9.12. The zero-order valence-corrected chi connectivity index (χ0v) is 19.3. The Morgan fingerprint density at radius 1 is 0.971 bits per heavy atom. The number of aromatic nitrogens is 7. The normalized spacial score (nSPS) is 22.0. The fourth-order valence-corrected chi connectivity index (χ4v) is 5.33. The van der Waals surface area contributed by atoms with Crippen molar-refractivity contribution in [3.63, 3.8) is 0 Å². The predicted octanol–water partition coefficient (Wildman–Crippen LogP) is 2.99. The van der Waals surface area contributed by atoms with Gasteiger partial charge in [-0.25, -0.2) is 9.97 Å². The van der Waals surface area contributed by atoms with E-state index in [1.54, 1.807) is 25.7 Å². The molecule has 2 saturated heterocycles. The Hall–Kier alpha value is -3.66. The Balaban J connectivity index is 1.28.